The number of halogens is 2. The molecule has 0 unspecified atom stereocenters. The van der Waals surface area contributed by atoms with Gasteiger partial charge in [0.2, 0.25) is 0 Å². The number of nitrogen functional groups attached to an aromatic ring is 1. The summed E-state index contributed by atoms with van der Waals surface area (Å²) in [6.07, 6.45) is 0. The fraction of sp³-hybridized carbons (Fsp3) is 0. The number of hydrogen-bond donors (Lipinski definition) is 1. The molecular formula is C6H5F2NS. The van der Waals surface area contributed by atoms with Crippen LogP contribution in [-0.4, -0.2) is 0 Å². The Morgan fingerprint density at radius 3 is 2.60 bits per heavy atom. The lowest BCUT2D eigenvalue weighted by Crippen LogP contribution is -1.86. The third-order valence-electron chi connectivity index (χ3n) is 1.04. The fourth-order valence-corrected chi connectivity index (χ4v) is 0.901. The smallest absolute Gasteiger partial charge is 0.139 e. The highest BCUT2D eigenvalue weighted by Gasteiger charge is 2.01. The molecule has 54 valence electrons. The van der Waals surface area contributed by atoms with Crippen molar-refractivity contribution in [2.75, 3.05) is 5.73 Å². The van der Waals surface area contributed by atoms with Gasteiger partial charge in [-0.3, -0.25) is 0 Å². The van der Waals surface area contributed by atoms with Gasteiger partial charge in [-0.1, -0.05) is 0 Å². The zero-order chi connectivity index (χ0) is 7.56. The Morgan fingerprint density at radius 2 is 2.10 bits per heavy atom. The largest absolute Gasteiger partial charge is 0.399 e. The predicted molar refractivity (Wildman–Crippen MR) is 37.8 cm³/mol. The average molecular weight is 161 g/mol. The van der Waals surface area contributed by atoms with Gasteiger partial charge in [-0.05, 0) is 18.2 Å². The molecule has 0 aliphatic heterocycles. The topological polar surface area (TPSA) is 26.0 Å². The van der Waals surface area contributed by atoms with E-state index in [4.69, 9.17) is 5.73 Å². The molecule has 4 heteroatoms. The zero-order valence-electron chi connectivity index (χ0n) is 4.97. The molecule has 0 aliphatic rings. The Bertz CT molecular complexity index is 239. The van der Waals surface area contributed by atoms with E-state index in [0.717, 1.165) is 6.07 Å². The molecule has 1 aromatic rings. The van der Waals surface area contributed by atoms with Crippen molar-refractivity contribution in [3.05, 3.63) is 24.0 Å². The van der Waals surface area contributed by atoms with Crippen LogP contribution in [0.2, 0.25) is 0 Å². The first-order valence-electron chi connectivity index (χ1n) is 2.57. The standard InChI is InChI=1S/C6H5F2NS/c7-5-2-1-4(9)3-6(5)10-8/h1-3H,9H2. The molecule has 1 nitrogen and oxygen atoms in total. The van der Waals surface area contributed by atoms with Crippen molar-refractivity contribution in [2.24, 2.45) is 0 Å². The molecule has 0 aliphatic carbocycles. The summed E-state index contributed by atoms with van der Waals surface area (Å²) in [5.41, 5.74) is 5.62. The van der Waals surface area contributed by atoms with Crippen LogP contribution in [0.25, 0.3) is 0 Å². The van der Waals surface area contributed by atoms with E-state index in [1.807, 2.05) is 0 Å². The van der Waals surface area contributed by atoms with Crippen molar-refractivity contribution in [2.45, 2.75) is 4.90 Å². The van der Waals surface area contributed by atoms with Crippen LogP contribution in [0.15, 0.2) is 23.1 Å². The van der Waals surface area contributed by atoms with Crippen molar-refractivity contribution >= 4 is 17.8 Å². The quantitative estimate of drug-likeness (QED) is 0.640. The first-order valence-corrected chi connectivity index (χ1v) is 3.29. The molecule has 0 saturated heterocycles. The highest BCUT2D eigenvalue weighted by atomic mass is 32.2. The highest BCUT2D eigenvalue weighted by Crippen LogP contribution is 2.24. The second-order valence-corrected chi connectivity index (χ2v) is 2.36. The van der Waals surface area contributed by atoms with E-state index < -0.39 is 5.82 Å². The molecule has 0 amide bonds. The summed E-state index contributed by atoms with van der Waals surface area (Å²) in [6.45, 7) is 0. The van der Waals surface area contributed by atoms with Crippen LogP contribution in [0.3, 0.4) is 0 Å². The van der Waals surface area contributed by atoms with Crippen LogP contribution < -0.4 is 5.73 Å². The average Bonchev–Trinajstić information content (AvgIpc) is 1.94. The van der Waals surface area contributed by atoms with Gasteiger partial charge in [-0.15, -0.1) is 0 Å². The monoisotopic (exact) mass is 161 g/mol. The molecule has 0 fully saturated rings. The summed E-state index contributed by atoms with van der Waals surface area (Å²) in [5.74, 6) is -0.582. The summed E-state index contributed by atoms with van der Waals surface area (Å²) in [7, 11) is 0. The second kappa shape index (κ2) is 2.88. The molecule has 0 spiro atoms. The van der Waals surface area contributed by atoms with Crippen molar-refractivity contribution in [1.82, 2.24) is 0 Å². The Balaban J connectivity index is 3.09. The first kappa shape index (κ1) is 7.34. The summed E-state index contributed by atoms with van der Waals surface area (Å²) in [5, 5.41) is 0. The minimum Gasteiger partial charge on any atom is -0.399 e. The van der Waals surface area contributed by atoms with Crippen molar-refractivity contribution in [3.63, 3.8) is 0 Å². The number of nitrogens with two attached hydrogens (primary N) is 1. The molecule has 1 rings (SSSR count). The van der Waals surface area contributed by atoms with Crippen LogP contribution in [0.4, 0.5) is 14.0 Å². The molecule has 0 atom stereocenters. The van der Waals surface area contributed by atoms with Gasteiger partial charge < -0.3 is 5.73 Å². The van der Waals surface area contributed by atoms with E-state index in [-0.39, 0.29) is 17.0 Å². The molecule has 2 N–H and O–H groups in total. The normalized spacial score (nSPS) is 9.80. The summed E-state index contributed by atoms with van der Waals surface area (Å²) in [4.78, 5) is -0.0694. The molecule has 0 saturated carbocycles. The first-order chi connectivity index (χ1) is 4.74. The van der Waals surface area contributed by atoms with Gasteiger partial charge in [0.15, 0.2) is 0 Å². The van der Waals surface area contributed by atoms with E-state index in [1.165, 1.54) is 12.1 Å². The van der Waals surface area contributed by atoms with Gasteiger partial charge in [0.1, 0.15) is 5.82 Å². The molecule has 0 radical (unpaired) electrons. The zero-order valence-corrected chi connectivity index (χ0v) is 5.79. The Labute approximate surface area is 61.5 Å². The molecule has 10 heavy (non-hydrogen) atoms. The molecule has 0 aromatic heterocycles. The Hall–Kier alpha value is -0.770. The van der Waals surface area contributed by atoms with Crippen LogP contribution in [0, 0.1) is 5.82 Å². The third-order valence-corrected chi connectivity index (χ3v) is 1.52. The number of hydrogen-bond acceptors (Lipinski definition) is 2. The third kappa shape index (κ3) is 1.39. The fourth-order valence-electron chi connectivity index (χ4n) is 0.579. The predicted octanol–water partition coefficient (Wildman–Crippen LogP) is 2.38. The van der Waals surface area contributed by atoms with Gasteiger partial charge in [-0.25, -0.2) is 4.39 Å². The lowest BCUT2D eigenvalue weighted by Gasteiger charge is -1.95. The van der Waals surface area contributed by atoms with E-state index >= 15 is 0 Å². The number of rotatable bonds is 1. The maximum Gasteiger partial charge on any atom is 0.139 e. The lowest BCUT2D eigenvalue weighted by atomic mass is 10.3. The Morgan fingerprint density at radius 1 is 1.40 bits per heavy atom. The summed E-state index contributed by atoms with van der Waals surface area (Å²) in [6, 6.07) is 3.77. The summed E-state index contributed by atoms with van der Waals surface area (Å²) < 4.78 is 24.2. The lowest BCUT2D eigenvalue weighted by molar-refractivity contribution is 0.600. The molecule has 1 aromatic carbocycles. The number of benzene rings is 1. The van der Waals surface area contributed by atoms with E-state index in [0.29, 0.717) is 5.69 Å². The maximum absolute atomic E-state index is 12.5. The molecular weight excluding hydrogens is 156 g/mol. The van der Waals surface area contributed by atoms with E-state index in [9.17, 15) is 8.28 Å². The SMILES string of the molecule is Nc1ccc(F)c(SF)c1. The van der Waals surface area contributed by atoms with Gasteiger partial charge in [0.25, 0.3) is 0 Å². The van der Waals surface area contributed by atoms with Gasteiger partial charge in [-0.2, -0.15) is 3.89 Å². The van der Waals surface area contributed by atoms with Gasteiger partial charge >= 0.3 is 0 Å². The van der Waals surface area contributed by atoms with E-state index in [1.54, 1.807) is 0 Å². The van der Waals surface area contributed by atoms with Crippen molar-refractivity contribution in [3.8, 4) is 0 Å². The second-order valence-electron chi connectivity index (χ2n) is 1.77. The Kier molecular flexibility index (Phi) is 2.11. The van der Waals surface area contributed by atoms with Crippen LogP contribution >= 0.6 is 12.1 Å². The minimum atomic E-state index is -0.582. The molecule has 0 bridgehead atoms. The van der Waals surface area contributed by atoms with Crippen LogP contribution in [-0.2, 0) is 0 Å². The maximum atomic E-state index is 12.5. The highest BCUT2D eigenvalue weighted by molar-refractivity contribution is 7.94. The van der Waals surface area contributed by atoms with E-state index in [2.05, 4.69) is 0 Å². The van der Waals surface area contributed by atoms with Gasteiger partial charge in [0, 0.05) is 5.69 Å². The molecule has 0 heterocycles. The minimum absolute atomic E-state index is 0.0694. The van der Waals surface area contributed by atoms with Crippen molar-refractivity contribution in [1.29, 1.82) is 0 Å². The summed E-state index contributed by atoms with van der Waals surface area (Å²) >= 11 is -0.145. The number of anilines is 1. The van der Waals surface area contributed by atoms with Crippen LogP contribution in [0.1, 0.15) is 0 Å². The van der Waals surface area contributed by atoms with Crippen LogP contribution in [0.5, 0.6) is 0 Å². The van der Waals surface area contributed by atoms with Crippen molar-refractivity contribution < 1.29 is 8.28 Å². The van der Waals surface area contributed by atoms with Gasteiger partial charge in [0.05, 0.1) is 17.0 Å².